The number of ether oxygens (including phenoxy) is 1. The Labute approximate surface area is 146 Å². The van der Waals surface area contributed by atoms with Crippen molar-refractivity contribution in [2.45, 2.75) is 38.5 Å². The molecule has 2 aliphatic heterocycles. The molecule has 2 unspecified atom stereocenters. The maximum Gasteiger partial charge on any atom is 0.164 e. The summed E-state index contributed by atoms with van der Waals surface area (Å²) < 4.78 is 7.93. The van der Waals surface area contributed by atoms with E-state index in [9.17, 15) is 0 Å². The molecule has 0 spiro atoms. The van der Waals surface area contributed by atoms with E-state index in [-0.39, 0.29) is 0 Å². The highest BCUT2D eigenvalue weighted by Gasteiger charge is 2.35. The minimum atomic E-state index is 0.319. The van der Waals surface area contributed by atoms with Crippen LogP contribution in [0, 0.1) is 6.07 Å². The summed E-state index contributed by atoms with van der Waals surface area (Å²) in [6, 6.07) is 10.9. The third kappa shape index (κ3) is 2.48. The summed E-state index contributed by atoms with van der Waals surface area (Å²) in [6.45, 7) is 4.65. The van der Waals surface area contributed by atoms with Gasteiger partial charge in [0.15, 0.2) is 11.5 Å². The Balaban J connectivity index is 1.67. The predicted molar refractivity (Wildman–Crippen MR) is 95.4 cm³/mol. The summed E-state index contributed by atoms with van der Waals surface area (Å²) in [5, 5.41) is 5.53. The van der Waals surface area contributed by atoms with Gasteiger partial charge in [-0.1, -0.05) is 24.3 Å². The first-order chi connectivity index (χ1) is 12.3. The Bertz CT molecular complexity index is 895. The minimum Gasteiger partial charge on any atom is -0.371 e. The van der Waals surface area contributed by atoms with Crippen LogP contribution in [0.4, 0.5) is 5.82 Å². The molecular weight excluding hydrogens is 314 g/mol. The van der Waals surface area contributed by atoms with E-state index in [2.05, 4.69) is 23.0 Å². The number of rotatable bonds is 3. The molecule has 2 atom stereocenters. The number of hydrogen-bond acceptors (Lipinski definition) is 5. The number of benzene rings is 1. The van der Waals surface area contributed by atoms with Crippen LogP contribution < -0.4 is 4.90 Å². The van der Waals surface area contributed by atoms with Crippen LogP contribution >= 0.6 is 0 Å². The first-order valence-electron chi connectivity index (χ1n) is 8.92. The second kappa shape index (κ2) is 5.81. The lowest BCUT2D eigenvalue weighted by atomic mass is 10.2. The van der Waals surface area contributed by atoms with Gasteiger partial charge >= 0.3 is 0 Å². The second-order valence-corrected chi connectivity index (χ2v) is 6.72. The molecule has 1 aromatic carbocycles. The zero-order valence-electron chi connectivity index (χ0n) is 14.2. The maximum atomic E-state index is 5.99. The quantitative estimate of drug-likeness (QED) is 0.737. The van der Waals surface area contributed by atoms with Gasteiger partial charge in [0, 0.05) is 25.2 Å². The largest absolute Gasteiger partial charge is 0.371 e. The van der Waals surface area contributed by atoms with Gasteiger partial charge in [0.05, 0.1) is 23.8 Å². The Morgan fingerprint density at radius 2 is 1.92 bits per heavy atom. The Morgan fingerprint density at radius 3 is 2.64 bits per heavy atom. The predicted octanol–water partition coefficient (Wildman–Crippen LogP) is 2.68. The Hall–Kier alpha value is -2.47. The van der Waals surface area contributed by atoms with Crippen molar-refractivity contribution in [1.82, 2.24) is 19.7 Å². The molecule has 2 fully saturated rings. The number of anilines is 1. The number of aryl methyl sites for hydroxylation is 1. The fourth-order valence-corrected chi connectivity index (χ4v) is 3.87. The molecule has 2 aromatic heterocycles. The lowest BCUT2D eigenvalue weighted by Gasteiger charge is -2.33. The molecule has 3 aromatic rings. The average molecular weight is 334 g/mol. The maximum absolute atomic E-state index is 5.99. The Kier molecular flexibility index (Phi) is 3.45. The van der Waals surface area contributed by atoms with Crippen LogP contribution in [-0.4, -0.2) is 45.0 Å². The second-order valence-electron chi connectivity index (χ2n) is 6.72. The van der Waals surface area contributed by atoms with Crippen molar-refractivity contribution in [2.75, 3.05) is 18.0 Å². The summed E-state index contributed by atoms with van der Waals surface area (Å²) in [4.78, 5) is 12.1. The van der Waals surface area contributed by atoms with Crippen LogP contribution in [0.5, 0.6) is 0 Å². The molecule has 0 N–H and O–H groups in total. The summed E-state index contributed by atoms with van der Waals surface area (Å²) in [5.41, 5.74) is 1.90. The zero-order valence-corrected chi connectivity index (χ0v) is 14.2. The monoisotopic (exact) mass is 334 g/mol. The lowest BCUT2D eigenvalue weighted by molar-refractivity contribution is 0.0303. The first-order valence-corrected chi connectivity index (χ1v) is 8.92. The zero-order chi connectivity index (χ0) is 16.8. The first kappa shape index (κ1) is 14.8. The van der Waals surface area contributed by atoms with Gasteiger partial charge in [-0.15, -0.1) is 0 Å². The standard InChI is InChI=1S/C19H20N5O/c1-2-24-19-16(10-20-24)18(23-11-14-8-9-15(12-23)25-14)21-17(22-19)13-6-4-3-5-7-13/h4-7,10,14-15H,2,8-9,11-12H2,1H3. The highest BCUT2D eigenvalue weighted by molar-refractivity contribution is 5.88. The number of fused-ring (bicyclic) bond motifs is 3. The van der Waals surface area contributed by atoms with E-state index in [1.165, 1.54) is 0 Å². The molecule has 1 radical (unpaired) electrons. The molecule has 25 heavy (non-hydrogen) atoms. The van der Waals surface area contributed by atoms with Gasteiger partial charge in [-0.2, -0.15) is 5.10 Å². The summed E-state index contributed by atoms with van der Waals surface area (Å²) in [5.74, 6) is 1.72. The van der Waals surface area contributed by atoms with Crippen LogP contribution in [0.1, 0.15) is 19.8 Å². The SMILES string of the molecule is CCn1ncc2c(N3CC4CCC(C3)O4)nc(-c3cc[c]cc3)nc21. The molecule has 5 rings (SSSR count). The molecule has 4 heterocycles. The fraction of sp³-hybridized carbons (Fsp3) is 0.421. The molecule has 6 nitrogen and oxygen atoms in total. The van der Waals surface area contributed by atoms with E-state index in [1.807, 2.05) is 35.1 Å². The van der Waals surface area contributed by atoms with E-state index in [4.69, 9.17) is 14.7 Å². The van der Waals surface area contributed by atoms with Crippen LogP contribution in [0.15, 0.2) is 30.5 Å². The van der Waals surface area contributed by atoms with Gasteiger partial charge in [0.1, 0.15) is 5.82 Å². The van der Waals surface area contributed by atoms with E-state index in [0.717, 1.165) is 60.7 Å². The van der Waals surface area contributed by atoms with Gasteiger partial charge < -0.3 is 9.64 Å². The number of aromatic nitrogens is 4. The molecule has 0 aliphatic carbocycles. The highest BCUT2D eigenvalue weighted by Crippen LogP contribution is 2.33. The molecule has 127 valence electrons. The fourth-order valence-electron chi connectivity index (χ4n) is 3.87. The summed E-state index contributed by atoms with van der Waals surface area (Å²) >= 11 is 0. The average Bonchev–Trinajstić information content (AvgIpc) is 3.23. The molecule has 6 heteroatoms. The highest BCUT2D eigenvalue weighted by atomic mass is 16.5. The molecule has 0 amide bonds. The number of nitrogens with zero attached hydrogens (tertiary/aromatic N) is 5. The van der Waals surface area contributed by atoms with Crippen molar-refractivity contribution >= 4 is 16.9 Å². The molecule has 2 saturated heterocycles. The molecule has 0 saturated carbocycles. The van der Waals surface area contributed by atoms with E-state index in [1.54, 1.807) is 0 Å². The lowest BCUT2D eigenvalue weighted by Crippen LogP contribution is -2.43. The van der Waals surface area contributed by atoms with Gasteiger partial charge in [-0.05, 0) is 25.8 Å². The van der Waals surface area contributed by atoms with Gasteiger partial charge in [0.25, 0.3) is 0 Å². The van der Waals surface area contributed by atoms with Gasteiger partial charge in [-0.3, -0.25) is 0 Å². The normalized spacial score (nSPS) is 22.7. The van der Waals surface area contributed by atoms with E-state index < -0.39 is 0 Å². The van der Waals surface area contributed by atoms with Gasteiger partial charge in [-0.25, -0.2) is 14.6 Å². The smallest absolute Gasteiger partial charge is 0.164 e. The molecule has 2 aliphatic rings. The van der Waals surface area contributed by atoms with Crippen molar-refractivity contribution in [3.63, 3.8) is 0 Å². The molecule has 2 bridgehead atoms. The summed E-state index contributed by atoms with van der Waals surface area (Å²) in [7, 11) is 0. The van der Waals surface area contributed by atoms with Crippen molar-refractivity contribution in [3.05, 3.63) is 36.5 Å². The topological polar surface area (TPSA) is 56.1 Å². The van der Waals surface area contributed by atoms with Crippen molar-refractivity contribution in [1.29, 1.82) is 0 Å². The van der Waals surface area contributed by atoms with Crippen LogP contribution in [0.25, 0.3) is 22.4 Å². The Morgan fingerprint density at radius 1 is 1.16 bits per heavy atom. The van der Waals surface area contributed by atoms with E-state index >= 15 is 0 Å². The van der Waals surface area contributed by atoms with Crippen molar-refractivity contribution in [3.8, 4) is 11.4 Å². The third-order valence-electron chi connectivity index (χ3n) is 5.10. The minimum absolute atomic E-state index is 0.319. The number of hydrogen-bond donors (Lipinski definition) is 0. The van der Waals surface area contributed by atoms with Crippen LogP contribution in [0.3, 0.4) is 0 Å². The van der Waals surface area contributed by atoms with Crippen molar-refractivity contribution < 1.29 is 4.74 Å². The van der Waals surface area contributed by atoms with Crippen molar-refractivity contribution in [2.24, 2.45) is 0 Å². The number of morpholine rings is 1. The van der Waals surface area contributed by atoms with Gasteiger partial charge in [0.2, 0.25) is 0 Å². The van der Waals surface area contributed by atoms with Crippen LogP contribution in [0.2, 0.25) is 0 Å². The molecular formula is C19H20N5O. The third-order valence-corrected chi connectivity index (χ3v) is 5.10. The summed E-state index contributed by atoms with van der Waals surface area (Å²) in [6.07, 6.45) is 4.82. The van der Waals surface area contributed by atoms with E-state index in [0.29, 0.717) is 12.2 Å². The van der Waals surface area contributed by atoms with Crippen LogP contribution in [-0.2, 0) is 11.3 Å².